The summed E-state index contributed by atoms with van der Waals surface area (Å²) in [5.41, 5.74) is 2.28. The zero-order valence-corrected chi connectivity index (χ0v) is 19.2. The van der Waals surface area contributed by atoms with Gasteiger partial charge in [-0.25, -0.2) is 0 Å². The molecular formula is C29H18N2O5. The Labute approximate surface area is 206 Å². The van der Waals surface area contributed by atoms with E-state index in [2.05, 4.69) is 6.58 Å². The summed E-state index contributed by atoms with van der Waals surface area (Å²) in [6, 6.07) is 16.8. The van der Waals surface area contributed by atoms with E-state index in [1.165, 1.54) is 12.2 Å². The van der Waals surface area contributed by atoms with Gasteiger partial charge in [-0.2, -0.15) is 5.26 Å². The van der Waals surface area contributed by atoms with E-state index in [1.54, 1.807) is 61.5 Å². The molecule has 2 aromatic carbocycles. The van der Waals surface area contributed by atoms with Gasteiger partial charge in [-0.1, -0.05) is 36.4 Å². The van der Waals surface area contributed by atoms with Gasteiger partial charge < -0.3 is 4.42 Å². The number of nitriles is 1. The minimum Gasteiger partial charge on any atom is -0.457 e. The van der Waals surface area contributed by atoms with Crippen LogP contribution in [-0.4, -0.2) is 34.8 Å². The number of ketones is 2. The lowest BCUT2D eigenvalue weighted by molar-refractivity contribution is -0.139. The highest BCUT2D eigenvalue weighted by Gasteiger charge is 2.35. The lowest BCUT2D eigenvalue weighted by Crippen LogP contribution is -2.42. The first-order chi connectivity index (χ1) is 17.3. The quantitative estimate of drug-likeness (QED) is 0.245. The lowest BCUT2D eigenvalue weighted by atomic mass is 9.83. The molecule has 1 aromatic heterocycles. The van der Waals surface area contributed by atoms with E-state index in [0.717, 1.165) is 4.90 Å². The van der Waals surface area contributed by atoms with Crippen LogP contribution in [0.2, 0.25) is 0 Å². The van der Waals surface area contributed by atoms with Crippen molar-refractivity contribution in [3.8, 4) is 17.4 Å². The molecule has 1 aliphatic carbocycles. The molecule has 2 amide bonds. The molecule has 0 N–H and O–H groups in total. The average molecular weight is 474 g/mol. The van der Waals surface area contributed by atoms with Crippen LogP contribution in [0.25, 0.3) is 17.4 Å². The highest BCUT2D eigenvalue weighted by Crippen LogP contribution is 2.33. The molecule has 0 saturated carbocycles. The fourth-order valence-electron chi connectivity index (χ4n) is 4.41. The molecule has 2 aliphatic rings. The van der Waals surface area contributed by atoms with Gasteiger partial charge in [-0.3, -0.25) is 24.1 Å². The fraction of sp³-hybridized carbons (Fsp3) is 0.0690. The van der Waals surface area contributed by atoms with Crippen LogP contribution < -0.4 is 0 Å². The van der Waals surface area contributed by atoms with E-state index >= 15 is 0 Å². The second-order valence-corrected chi connectivity index (χ2v) is 8.35. The molecule has 7 heteroatoms. The van der Waals surface area contributed by atoms with Crippen molar-refractivity contribution in [2.45, 2.75) is 6.92 Å². The Kier molecular flexibility index (Phi) is 5.42. The number of hydrogen-bond acceptors (Lipinski definition) is 6. The summed E-state index contributed by atoms with van der Waals surface area (Å²) in [6.45, 7) is 5.08. The van der Waals surface area contributed by atoms with Gasteiger partial charge in [0.15, 0.2) is 11.6 Å². The molecule has 7 nitrogen and oxygen atoms in total. The van der Waals surface area contributed by atoms with Crippen LogP contribution in [0.3, 0.4) is 0 Å². The van der Waals surface area contributed by atoms with Crippen LogP contribution >= 0.6 is 0 Å². The van der Waals surface area contributed by atoms with Crippen molar-refractivity contribution < 1.29 is 23.6 Å². The predicted molar refractivity (Wildman–Crippen MR) is 131 cm³/mol. The van der Waals surface area contributed by atoms with Crippen molar-refractivity contribution in [1.29, 1.82) is 5.26 Å². The highest BCUT2D eigenvalue weighted by molar-refractivity contribution is 6.28. The zero-order valence-electron chi connectivity index (χ0n) is 19.2. The number of hydrogen-bond donors (Lipinski definition) is 0. The number of furan rings is 1. The Morgan fingerprint density at radius 2 is 1.58 bits per heavy atom. The number of carbonyl (C=O) groups excluding carboxylic acids is 4. The highest BCUT2D eigenvalue weighted by atomic mass is 16.3. The van der Waals surface area contributed by atoms with Gasteiger partial charge in [0.25, 0.3) is 11.8 Å². The molecule has 0 radical (unpaired) electrons. The molecule has 36 heavy (non-hydrogen) atoms. The largest absolute Gasteiger partial charge is 0.457 e. The Morgan fingerprint density at radius 3 is 2.25 bits per heavy atom. The van der Waals surface area contributed by atoms with Crippen molar-refractivity contribution in [1.82, 2.24) is 4.90 Å². The van der Waals surface area contributed by atoms with Crippen LogP contribution in [0.15, 0.2) is 88.4 Å². The van der Waals surface area contributed by atoms with Crippen molar-refractivity contribution >= 4 is 29.5 Å². The summed E-state index contributed by atoms with van der Waals surface area (Å²) in [7, 11) is 0. The molecule has 0 bridgehead atoms. The first-order valence-corrected chi connectivity index (χ1v) is 11.1. The van der Waals surface area contributed by atoms with Crippen molar-refractivity contribution in [3.63, 3.8) is 0 Å². The molecule has 2 heterocycles. The van der Waals surface area contributed by atoms with E-state index in [0.29, 0.717) is 39.3 Å². The van der Waals surface area contributed by atoms with Crippen molar-refractivity contribution in [2.75, 3.05) is 6.54 Å². The summed E-state index contributed by atoms with van der Waals surface area (Å²) in [5, 5.41) is 9.44. The summed E-state index contributed by atoms with van der Waals surface area (Å²) < 4.78 is 5.93. The number of imide groups is 1. The maximum atomic E-state index is 13.0. The smallest absolute Gasteiger partial charge is 0.271 e. The maximum Gasteiger partial charge on any atom is 0.271 e. The third-order valence-corrected chi connectivity index (χ3v) is 6.26. The third kappa shape index (κ3) is 3.44. The Balaban J connectivity index is 1.53. The van der Waals surface area contributed by atoms with Crippen LogP contribution in [0, 0.1) is 11.3 Å². The molecule has 0 spiro atoms. The Morgan fingerprint density at radius 1 is 0.917 bits per heavy atom. The van der Waals surface area contributed by atoms with Gasteiger partial charge in [0.2, 0.25) is 0 Å². The van der Waals surface area contributed by atoms with Gasteiger partial charge in [0, 0.05) is 39.9 Å². The van der Waals surface area contributed by atoms with Crippen LogP contribution in [0.1, 0.15) is 44.5 Å². The Hall–Kier alpha value is -5.09. The number of carbonyl (C=O) groups is 4. The van der Waals surface area contributed by atoms with E-state index in [-0.39, 0.29) is 34.8 Å². The van der Waals surface area contributed by atoms with Gasteiger partial charge in [-0.15, -0.1) is 6.58 Å². The van der Waals surface area contributed by atoms with Gasteiger partial charge in [-0.05, 0) is 42.8 Å². The molecule has 0 atom stereocenters. The fourth-order valence-corrected chi connectivity index (χ4v) is 4.41. The molecule has 3 aromatic rings. The minimum atomic E-state index is -0.660. The number of rotatable bonds is 4. The lowest BCUT2D eigenvalue weighted by Gasteiger charge is -2.26. The Bertz CT molecular complexity index is 1630. The standard InChI is InChI=1S/C29H18N2O5/c1-3-12-31-28(34)22(16(2)24(15-30)29(31)35)14-18-9-11-25(36-18)17-8-10-21-23(13-17)27(33)20-7-5-4-6-19(20)26(21)32/h3-11,13-14H,1,12H2,2H3/b22-14+. The topological polar surface area (TPSA) is 108 Å². The molecule has 5 rings (SSSR count). The number of amides is 2. The third-order valence-electron chi connectivity index (χ3n) is 6.26. The number of benzene rings is 2. The molecule has 1 aliphatic heterocycles. The molecular weight excluding hydrogens is 456 g/mol. The summed E-state index contributed by atoms with van der Waals surface area (Å²) in [5.74, 6) is -0.906. The van der Waals surface area contributed by atoms with Crippen LogP contribution in [-0.2, 0) is 9.59 Å². The number of fused-ring (bicyclic) bond motifs is 2. The van der Waals surface area contributed by atoms with E-state index in [4.69, 9.17) is 4.42 Å². The van der Waals surface area contributed by atoms with Gasteiger partial charge >= 0.3 is 0 Å². The van der Waals surface area contributed by atoms with Crippen LogP contribution in [0.4, 0.5) is 0 Å². The zero-order chi connectivity index (χ0) is 25.6. The van der Waals surface area contributed by atoms with Gasteiger partial charge in [0.1, 0.15) is 23.2 Å². The molecule has 174 valence electrons. The first-order valence-electron chi connectivity index (χ1n) is 11.1. The molecule has 0 fully saturated rings. The second-order valence-electron chi connectivity index (χ2n) is 8.35. The van der Waals surface area contributed by atoms with E-state index in [1.807, 2.05) is 6.07 Å². The second kappa shape index (κ2) is 8.60. The minimum absolute atomic E-state index is 0.0259. The van der Waals surface area contributed by atoms with Crippen molar-refractivity contribution in [3.05, 3.63) is 112 Å². The summed E-state index contributed by atoms with van der Waals surface area (Å²) in [4.78, 5) is 52.3. The predicted octanol–water partition coefficient (Wildman–Crippen LogP) is 4.50. The maximum absolute atomic E-state index is 13.0. The summed E-state index contributed by atoms with van der Waals surface area (Å²) >= 11 is 0. The summed E-state index contributed by atoms with van der Waals surface area (Å²) in [6.07, 6.45) is 2.89. The average Bonchev–Trinajstić information content (AvgIpc) is 3.36. The van der Waals surface area contributed by atoms with E-state index < -0.39 is 11.8 Å². The van der Waals surface area contributed by atoms with Crippen molar-refractivity contribution in [2.24, 2.45) is 0 Å². The normalized spacial score (nSPS) is 16.2. The molecule has 0 unspecified atom stereocenters. The first kappa shape index (κ1) is 22.7. The van der Waals surface area contributed by atoms with Crippen LogP contribution in [0.5, 0.6) is 0 Å². The van der Waals surface area contributed by atoms with E-state index in [9.17, 15) is 24.4 Å². The monoisotopic (exact) mass is 474 g/mol. The van der Waals surface area contributed by atoms with Gasteiger partial charge in [0.05, 0.1) is 0 Å². The number of nitrogens with zero attached hydrogens (tertiary/aromatic N) is 2. The SMILES string of the molecule is C=CCN1C(=O)C(C#N)=C(C)/C(=C\c2ccc(-c3ccc4c(c3)C(=O)c3ccccc3C4=O)o2)C1=O. The molecule has 0 saturated heterocycles.